The van der Waals surface area contributed by atoms with Crippen LogP contribution in [0.15, 0.2) is 48.5 Å². The van der Waals surface area contributed by atoms with Gasteiger partial charge in [-0.3, -0.25) is 4.79 Å². The second-order valence-corrected chi connectivity index (χ2v) is 10.4. The Morgan fingerprint density at radius 1 is 0.553 bits per heavy atom. The van der Waals surface area contributed by atoms with Crippen molar-refractivity contribution < 1.29 is 19.1 Å². The standard InChI is InChI=1S/C34H50O4/c1-3-5-7-8-9-10-11-12-13-14-15-16-17-18-19-33(35)38-32-26-24-30(25-27-32)29-20-22-31(23-21-29)34(36)37-28-6-4-2/h20-27H,3-19,28H2,1-2H3. The summed E-state index contributed by atoms with van der Waals surface area (Å²) >= 11 is 0. The highest BCUT2D eigenvalue weighted by molar-refractivity contribution is 5.90. The van der Waals surface area contributed by atoms with E-state index in [4.69, 9.17) is 9.47 Å². The van der Waals surface area contributed by atoms with Gasteiger partial charge in [-0.2, -0.15) is 0 Å². The van der Waals surface area contributed by atoms with Gasteiger partial charge in [-0.15, -0.1) is 0 Å². The highest BCUT2D eigenvalue weighted by Gasteiger charge is 2.08. The fourth-order valence-electron chi connectivity index (χ4n) is 4.55. The maximum Gasteiger partial charge on any atom is 0.338 e. The predicted octanol–water partition coefficient (Wildman–Crippen LogP) is 10.1. The van der Waals surface area contributed by atoms with Crippen LogP contribution >= 0.6 is 0 Å². The summed E-state index contributed by atoms with van der Waals surface area (Å²) in [5, 5.41) is 0. The van der Waals surface area contributed by atoms with Crippen LogP contribution in [0.25, 0.3) is 11.1 Å². The van der Waals surface area contributed by atoms with Crippen molar-refractivity contribution >= 4 is 11.9 Å². The zero-order chi connectivity index (χ0) is 27.3. The molecule has 0 N–H and O–H groups in total. The maximum absolute atomic E-state index is 12.2. The SMILES string of the molecule is CCCCCCCCCCCCCCCCC(=O)Oc1ccc(-c2ccc(C(=O)OCCCC)cc2)cc1. The number of benzene rings is 2. The van der Waals surface area contributed by atoms with Gasteiger partial charge >= 0.3 is 11.9 Å². The van der Waals surface area contributed by atoms with Crippen molar-refractivity contribution in [2.45, 2.75) is 123 Å². The quantitative estimate of drug-likeness (QED) is 0.0929. The van der Waals surface area contributed by atoms with Gasteiger partial charge in [0.2, 0.25) is 0 Å². The molecule has 2 aromatic carbocycles. The van der Waals surface area contributed by atoms with Gasteiger partial charge in [0.1, 0.15) is 5.75 Å². The summed E-state index contributed by atoms with van der Waals surface area (Å²) in [7, 11) is 0. The van der Waals surface area contributed by atoms with Crippen molar-refractivity contribution in [3.8, 4) is 16.9 Å². The molecular formula is C34H50O4. The fourth-order valence-corrected chi connectivity index (χ4v) is 4.55. The molecule has 4 heteroatoms. The van der Waals surface area contributed by atoms with Crippen molar-refractivity contribution in [3.63, 3.8) is 0 Å². The van der Waals surface area contributed by atoms with Crippen LogP contribution in [0.5, 0.6) is 5.75 Å². The van der Waals surface area contributed by atoms with Crippen LogP contribution in [0.4, 0.5) is 0 Å². The Hall–Kier alpha value is -2.62. The monoisotopic (exact) mass is 522 g/mol. The van der Waals surface area contributed by atoms with E-state index in [9.17, 15) is 9.59 Å². The van der Waals surface area contributed by atoms with Crippen LogP contribution in [0.1, 0.15) is 133 Å². The Labute approximate surface area is 231 Å². The lowest BCUT2D eigenvalue weighted by Crippen LogP contribution is -2.07. The highest BCUT2D eigenvalue weighted by atomic mass is 16.5. The third-order valence-corrected chi connectivity index (χ3v) is 7.01. The fraction of sp³-hybridized carbons (Fsp3) is 0.588. The molecule has 2 aromatic rings. The molecule has 0 amide bonds. The molecule has 0 unspecified atom stereocenters. The molecule has 4 nitrogen and oxygen atoms in total. The van der Waals surface area contributed by atoms with Gasteiger partial charge < -0.3 is 9.47 Å². The third kappa shape index (κ3) is 13.8. The van der Waals surface area contributed by atoms with Gasteiger partial charge in [-0.05, 0) is 48.2 Å². The molecule has 210 valence electrons. The van der Waals surface area contributed by atoms with E-state index in [-0.39, 0.29) is 11.9 Å². The largest absolute Gasteiger partial charge is 0.462 e. The Bertz CT molecular complexity index is 886. The molecule has 2 rings (SSSR count). The van der Waals surface area contributed by atoms with Gasteiger partial charge in [0.25, 0.3) is 0 Å². The molecule has 0 aliphatic heterocycles. The van der Waals surface area contributed by atoms with E-state index in [1.165, 1.54) is 77.0 Å². The smallest absolute Gasteiger partial charge is 0.338 e. The van der Waals surface area contributed by atoms with Crippen molar-refractivity contribution in [3.05, 3.63) is 54.1 Å². The van der Waals surface area contributed by atoms with Gasteiger partial charge in [0.15, 0.2) is 0 Å². The van der Waals surface area contributed by atoms with E-state index in [0.29, 0.717) is 24.3 Å². The summed E-state index contributed by atoms with van der Waals surface area (Å²) in [6.07, 6.45) is 20.6. The van der Waals surface area contributed by atoms with Crippen LogP contribution in [0.3, 0.4) is 0 Å². The number of unbranched alkanes of at least 4 members (excludes halogenated alkanes) is 14. The van der Waals surface area contributed by atoms with E-state index < -0.39 is 0 Å². The topological polar surface area (TPSA) is 52.6 Å². The predicted molar refractivity (Wildman–Crippen MR) is 158 cm³/mol. The molecule has 0 saturated heterocycles. The molecule has 0 bridgehead atoms. The number of esters is 2. The number of rotatable bonds is 21. The first-order chi connectivity index (χ1) is 18.6. The Morgan fingerprint density at radius 2 is 1.00 bits per heavy atom. The molecule has 0 saturated carbocycles. The summed E-state index contributed by atoms with van der Waals surface area (Å²) in [6.45, 7) is 4.79. The van der Waals surface area contributed by atoms with E-state index in [1.54, 1.807) is 12.1 Å². The molecule has 0 radical (unpaired) electrons. The minimum absolute atomic E-state index is 0.164. The average Bonchev–Trinajstić information content (AvgIpc) is 2.94. The number of ether oxygens (including phenoxy) is 2. The number of hydrogen-bond donors (Lipinski definition) is 0. The minimum Gasteiger partial charge on any atom is -0.462 e. The molecule has 0 fully saturated rings. The first-order valence-electron chi connectivity index (χ1n) is 15.2. The van der Waals surface area contributed by atoms with Crippen LogP contribution in [0.2, 0.25) is 0 Å². The first kappa shape index (κ1) is 31.6. The maximum atomic E-state index is 12.2. The van der Waals surface area contributed by atoms with E-state index in [2.05, 4.69) is 13.8 Å². The number of carbonyl (C=O) groups is 2. The van der Waals surface area contributed by atoms with Crippen LogP contribution < -0.4 is 4.74 Å². The van der Waals surface area contributed by atoms with Crippen LogP contribution in [-0.2, 0) is 9.53 Å². The summed E-state index contributed by atoms with van der Waals surface area (Å²) in [5.41, 5.74) is 2.55. The summed E-state index contributed by atoms with van der Waals surface area (Å²) < 4.78 is 10.8. The summed E-state index contributed by atoms with van der Waals surface area (Å²) in [6, 6.07) is 14.9. The molecule has 0 aliphatic carbocycles. The zero-order valence-corrected chi connectivity index (χ0v) is 24.0. The normalized spacial score (nSPS) is 10.9. The Morgan fingerprint density at radius 3 is 1.50 bits per heavy atom. The van der Waals surface area contributed by atoms with Crippen LogP contribution in [-0.4, -0.2) is 18.5 Å². The third-order valence-electron chi connectivity index (χ3n) is 7.01. The van der Waals surface area contributed by atoms with Gasteiger partial charge in [-0.1, -0.05) is 128 Å². The lowest BCUT2D eigenvalue weighted by atomic mass is 10.0. The second-order valence-electron chi connectivity index (χ2n) is 10.4. The first-order valence-corrected chi connectivity index (χ1v) is 15.2. The Balaban J connectivity index is 1.55. The van der Waals surface area contributed by atoms with Crippen molar-refractivity contribution in [1.82, 2.24) is 0 Å². The highest BCUT2D eigenvalue weighted by Crippen LogP contribution is 2.23. The lowest BCUT2D eigenvalue weighted by molar-refractivity contribution is -0.134. The van der Waals surface area contributed by atoms with Gasteiger partial charge in [-0.25, -0.2) is 4.79 Å². The van der Waals surface area contributed by atoms with Crippen LogP contribution in [0, 0.1) is 0 Å². The van der Waals surface area contributed by atoms with Crippen molar-refractivity contribution in [2.75, 3.05) is 6.61 Å². The molecule has 0 spiro atoms. The van der Waals surface area contributed by atoms with E-state index in [0.717, 1.165) is 36.8 Å². The zero-order valence-electron chi connectivity index (χ0n) is 24.0. The molecule has 0 atom stereocenters. The second kappa shape index (κ2) is 20.4. The van der Waals surface area contributed by atoms with E-state index >= 15 is 0 Å². The molecule has 38 heavy (non-hydrogen) atoms. The molecule has 0 heterocycles. The number of hydrogen-bond acceptors (Lipinski definition) is 4. The Kier molecular flexibility index (Phi) is 16.9. The van der Waals surface area contributed by atoms with Crippen molar-refractivity contribution in [1.29, 1.82) is 0 Å². The molecule has 0 aliphatic rings. The van der Waals surface area contributed by atoms with Gasteiger partial charge in [0, 0.05) is 6.42 Å². The summed E-state index contributed by atoms with van der Waals surface area (Å²) in [5.74, 6) is 0.119. The molecule has 0 aromatic heterocycles. The minimum atomic E-state index is -0.286. The average molecular weight is 523 g/mol. The lowest BCUT2D eigenvalue weighted by Gasteiger charge is -2.08. The summed E-state index contributed by atoms with van der Waals surface area (Å²) in [4.78, 5) is 24.3. The van der Waals surface area contributed by atoms with E-state index in [1.807, 2.05) is 36.4 Å². The number of carbonyl (C=O) groups excluding carboxylic acids is 2. The van der Waals surface area contributed by atoms with Gasteiger partial charge in [0.05, 0.1) is 12.2 Å². The molecular weight excluding hydrogens is 472 g/mol. The van der Waals surface area contributed by atoms with Crippen molar-refractivity contribution in [2.24, 2.45) is 0 Å².